The highest BCUT2D eigenvalue weighted by atomic mass is 16.5. The van der Waals surface area contributed by atoms with E-state index in [-0.39, 0.29) is 0 Å². The number of aryl methyl sites for hydroxylation is 1. The van der Waals surface area contributed by atoms with Gasteiger partial charge in [0, 0.05) is 18.2 Å². The number of hydrogen-bond donors (Lipinski definition) is 0. The number of hydrogen-bond acceptors (Lipinski definition) is 3. The quantitative estimate of drug-likeness (QED) is 0.600. The molecule has 0 saturated carbocycles. The summed E-state index contributed by atoms with van der Waals surface area (Å²) in [6.45, 7) is 3.39. The summed E-state index contributed by atoms with van der Waals surface area (Å²) in [5.41, 5.74) is 2.21. The van der Waals surface area contributed by atoms with Crippen molar-refractivity contribution in [2.24, 2.45) is 0 Å². The molecular formula is C8H10N2O. The predicted molar refractivity (Wildman–Crippen MR) is 39.9 cm³/mol. The molecule has 2 rings (SSSR count). The van der Waals surface area contributed by atoms with Gasteiger partial charge in [-0.3, -0.25) is 0 Å². The maximum atomic E-state index is 5.21. The van der Waals surface area contributed by atoms with E-state index in [4.69, 9.17) is 4.74 Å². The summed E-state index contributed by atoms with van der Waals surface area (Å²) in [5.74, 6) is 0.911. The monoisotopic (exact) mass is 150 g/mol. The fourth-order valence-electron chi connectivity index (χ4n) is 1.16. The van der Waals surface area contributed by atoms with E-state index < -0.39 is 0 Å². The molecule has 1 aromatic rings. The van der Waals surface area contributed by atoms with Gasteiger partial charge < -0.3 is 4.74 Å². The number of aromatic nitrogens is 2. The molecule has 1 aliphatic rings. The summed E-state index contributed by atoms with van der Waals surface area (Å²) in [4.78, 5) is 8.51. The minimum atomic E-state index is 0.658. The number of fused-ring (bicyclic) bond motifs is 1. The molecule has 3 nitrogen and oxygen atoms in total. The Balaban J connectivity index is 2.41. The van der Waals surface area contributed by atoms with E-state index >= 15 is 0 Å². The van der Waals surface area contributed by atoms with Gasteiger partial charge in [-0.15, -0.1) is 0 Å². The highest BCUT2D eigenvalue weighted by Crippen LogP contribution is 2.15. The van der Waals surface area contributed by atoms with Crippen LogP contribution >= 0.6 is 0 Å². The van der Waals surface area contributed by atoms with Crippen LogP contribution in [0, 0.1) is 0 Å². The Morgan fingerprint density at radius 2 is 2.45 bits per heavy atom. The van der Waals surface area contributed by atoms with Crippen LogP contribution in [0.1, 0.15) is 24.0 Å². The SMILES string of the molecule is CCc1ncc2c(n1)COC2. The zero-order chi connectivity index (χ0) is 7.68. The van der Waals surface area contributed by atoms with Crippen molar-refractivity contribution >= 4 is 0 Å². The number of rotatable bonds is 1. The molecule has 0 fully saturated rings. The third-order valence-corrected chi connectivity index (χ3v) is 1.82. The van der Waals surface area contributed by atoms with Crippen LogP contribution < -0.4 is 0 Å². The summed E-state index contributed by atoms with van der Waals surface area (Å²) in [7, 11) is 0. The molecule has 3 heteroatoms. The van der Waals surface area contributed by atoms with Crippen molar-refractivity contribution in [2.45, 2.75) is 26.6 Å². The Bertz CT molecular complexity index is 273. The molecule has 0 N–H and O–H groups in total. The largest absolute Gasteiger partial charge is 0.370 e. The van der Waals surface area contributed by atoms with Crippen LogP contribution in [0.25, 0.3) is 0 Å². The van der Waals surface area contributed by atoms with Crippen molar-refractivity contribution in [3.05, 3.63) is 23.3 Å². The molecule has 58 valence electrons. The van der Waals surface area contributed by atoms with Gasteiger partial charge in [0.1, 0.15) is 5.82 Å². The van der Waals surface area contributed by atoms with E-state index in [0.29, 0.717) is 13.2 Å². The molecule has 0 unspecified atom stereocenters. The van der Waals surface area contributed by atoms with Gasteiger partial charge in [-0.2, -0.15) is 0 Å². The van der Waals surface area contributed by atoms with Gasteiger partial charge in [0.25, 0.3) is 0 Å². The molecule has 0 spiro atoms. The van der Waals surface area contributed by atoms with Gasteiger partial charge in [0.15, 0.2) is 0 Å². The average Bonchev–Trinajstić information content (AvgIpc) is 2.50. The van der Waals surface area contributed by atoms with Crippen LogP contribution in [0.4, 0.5) is 0 Å². The lowest BCUT2D eigenvalue weighted by atomic mass is 10.3. The van der Waals surface area contributed by atoms with Crippen molar-refractivity contribution in [2.75, 3.05) is 0 Å². The Labute approximate surface area is 65.4 Å². The Morgan fingerprint density at radius 1 is 1.55 bits per heavy atom. The second-order valence-electron chi connectivity index (χ2n) is 2.60. The van der Waals surface area contributed by atoms with Gasteiger partial charge in [-0.05, 0) is 0 Å². The topological polar surface area (TPSA) is 35.0 Å². The first-order valence-electron chi connectivity index (χ1n) is 3.81. The van der Waals surface area contributed by atoms with E-state index in [1.54, 1.807) is 0 Å². The number of ether oxygens (including phenoxy) is 1. The lowest BCUT2D eigenvalue weighted by molar-refractivity contribution is 0.133. The summed E-state index contributed by atoms with van der Waals surface area (Å²) < 4.78 is 5.21. The van der Waals surface area contributed by atoms with E-state index in [9.17, 15) is 0 Å². The van der Waals surface area contributed by atoms with Crippen molar-refractivity contribution in [3.63, 3.8) is 0 Å². The Kier molecular flexibility index (Phi) is 1.58. The minimum Gasteiger partial charge on any atom is -0.370 e. The molecule has 0 radical (unpaired) electrons. The first-order chi connectivity index (χ1) is 5.40. The fraction of sp³-hybridized carbons (Fsp3) is 0.500. The van der Waals surface area contributed by atoms with Gasteiger partial charge >= 0.3 is 0 Å². The maximum absolute atomic E-state index is 5.21. The second-order valence-corrected chi connectivity index (χ2v) is 2.60. The highest BCUT2D eigenvalue weighted by Gasteiger charge is 2.12. The highest BCUT2D eigenvalue weighted by molar-refractivity contribution is 5.18. The average molecular weight is 150 g/mol. The predicted octanol–water partition coefficient (Wildman–Crippen LogP) is 1.07. The van der Waals surface area contributed by atoms with E-state index in [1.165, 1.54) is 0 Å². The molecule has 0 aliphatic carbocycles. The molecule has 11 heavy (non-hydrogen) atoms. The first-order valence-corrected chi connectivity index (χ1v) is 3.81. The van der Waals surface area contributed by atoms with Crippen LogP contribution in [0.3, 0.4) is 0 Å². The van der Waals surface area contributed by atoms with Crippen LogP contribution in [-0.2, 0) is 24.4 Å². The third kappa shape index (κ3) is 1.12. The maximum Gasteiger partial charge on any atom is 0.128 e. The molecule has 0 saturated heterocycles. The van der Waals surface area contributed by atoms with Gasteiger partial charge in [-0.25, -0.2) is 9.97 Å². The van der Waals surface area contributed by atoms with Gasteiger partial charge in [0.2, 0.25) is 0 Å². The normalized spacial score (nSPS) is 15.0. The molecule has 2 heterocycles. The van der Waals surface area contributed by atoms with E-state index in [1.807, 2.05) is 6.20 Å². The van der Waals surface area contributed by atoms with Crippen molar-refractivity contribution in [1.82, 2.24) is 9.97 Å². The first kappa shape index (κ1) is 6.73. The molecule has 0 bridgehead atoms. The van der Waals surface area contributed by atoms with E-state index in [2.05, 4.69) is 16.9 Å². The lowest BCUT2D eigenvalue weighted by Crippen LogP contribution is -1.97. The van der Waals surface area contributed by atoms with Crippen molar-refractivity contribution in [3.8, 4) is 0 Å². The van der Waals surface area contributed by atoms with Crippen molar-refractivity contribution < 1.29 is 4.74 Å². The van der Waals surface area contributed by atoms with Crippen molar-refractivity contribution in [1.29, 1.82) is 0 Å². The van der Waals surface area contributed by atoms with Gasteiger partial charge in [0.05, 0.1) is 18.9 Å². The summed E-state index contributed by atoms with van der Waals surface area (Å²) >= 11 is 0. The minimum absolute atomic E-state index is 0.658. The van der Waals surface area contributed by atoms with Gasteiger partial charge in [-0.1, -0.05) is 6.92 Å². The van der Waals surface area contributed by atoms with E-state index in [0.717, 1.165) is 23.5 Å². The lowest BCUT2D eigenvalue weighted by Gasteiger charge is -1.97. The molecule has 1 aliphatic heterocycles. The molecule has 0 atom stereocenters. The van der Waals surface area contributed by atoms with Crippen LogP contribution in [0.5, 0.6) is 0 Å². The third-order valence-electron chi connectivity index (χ3n) is 1.82. The van der Waals surface area contributed by atoms with Crippen LogP contribution in [-0.4, -0.2) is 9.97 Å². The smallest absolute Gasteiger partial charge is 0.128 e. The Morgan fingerprint density at radius 3 is 3.27 bits per heavy atom. The summed E-state index contributed by atoms with van der Waals surface area (Å²) in [5, 5.41) is 0. The Hall–Kier alpha value is -0.960. The second kappa shape index (κ2) is 2.58. The summed E-state index contributed by atoms with van der Waals surface area (Å²) in [6, 6.07) is 0. The van der Waals surface area contributed by atoms with Crippen LogP contribution in [0.15, 0.2) is 6.20 Å². The molecule has 0 amide bonds. The summed E-state index contributed by atoms with van der Waals surface area (Å²) in [6.07, 6.45) is 2.77. The molecule has 1 aromatic heterocycles. The zero-order valence-corrected chi connectivity index (χ0v) is 6.50. The van der Waals surface area contributed by atoms with Crippen LogP contribution in [0.2, 0.25) is 0 Å². The standard InChI is InChI=1S/C8H10N2O/c1-2-8-9-3-6-4-11-5-7(6)10-8/h3H,2,4-5H2,1H3. The number of nitrogens with zero attached hydrogens (tertiary/aromatic N) is 2. The zero-order valence-electron chi connectivity index (χ0n) is 6.50. The fourth-order valence-corrected chi connectivity index (χ4v) is 1.16. The molecule has 0 aromatic carbocycles. The molecular weight excluding hydrogens is 140 g/mol.